The minimum absolute atomic E-state index is 0.0944. The molecule has 1 atom stereocenters. The van der Waals surface area contributed by atoms with Gasteiger partial charge in [0.05, 0.1) is 6.54 Å². The topological polar surface area (TPSA) is 60.0 Å². The SMILES string of the molecule is CCC(C)(CN)N1CCn2cnnc2C1. The van der Waals surface area contributed by atoms with Gasteiger partial charge in [0, 0.05) is 25.2 Å². The van der Waals surface area contributed by atoms with Gasteiger partial charge in [0.25, 0.3) is 0 Å². The van der Waals surface area contributed by atoms with Crippen LogP contribution in [0.5, 0.6) is 0 Å². The summed E-state index contributed by atoms with van der Waals surface area (Å²) in [4.78, 5) is 2.41. The van der Waals surface area contributed by atoms with Gasteiger partial charge in [-0.15, -0.1) is 10.2 Å². The van der Waals surface area contributed by atoms with Crippen LogP contribution in [-0.2, 0) is 13.1 Å². The van der Waals surface area contributed by atoms with Crippen LogP contribution in [0.4, 0.5) is 0 Å². The Kier molecular flexibility index (Phi) is 2.75. The summed E-state index contributed by atoms with van der Waals surface area (Å²) >= 11 is 0. The lowest BCUT2D eigenvalue weighted by Crippen LogP contribution is -2.53. The monoisotopic (exact) mass is 209 g/mol. The van der Waals surface area contributed by atoms with Crippen molar-refractivity contribution >= 4 is 0 Å². The van der Waals surface area contributed by atoms with E-state index in [-0.39, 0.29) is 5.54 Å². The van der Waals surface area contributed by atoms with Crippen molar-refractivity contribution in [1.29, 1.82) is 0 Å². The average molecular weight is 209 g/mol. The molecule has 0 fully saturated rings. The molecule has 0 radical (unpaired) electrons. The molecule has 0 spiro atoms. The normalized spacial score (nSPS) is 21.0. The molecule has 1 unspecified atom stereocenters. The van der Waals surface area contributed by atoms with E-state index in [9.17, 15) is 0 Å². The van der Waals surface area contributed by atoms with Crippen molar-refractivity contribution in [3.05, 3.63) is 12.2 Å². The zero-order valence-corrected chi connectivity index (χ0v) is 9.48. The van der Waals surface area contributed by atoms with Crippen LogP contribution in [0.15, 0.2) is 6.33 Å². The van der Waals surface area contributed by atoms with Crippen molar-refractivity contribution in [3.8, 4) is 0 Å². The molecule has 0 aliphatic carbocycles. The Hall–Kier alpha value is -0.940. The summed E-state index contributed by atoms with van der Waals surface area (Å²) in [5.74, 6) is 1.05. The zero-order valence-electron chi connectivity index (χ0n) is 9.48. The number of rotatable bonds is 3. The Balaban J connectivity index is 2.15. The van der Waals surface area contributed by atoms with Gasteiger partial charge >= 0.3 is 0 Å². The van der Waals surface area contributed by atoms with E-state index in [0.29, 0.717) is 6.54 Å². The fourth-order valence-electron chi connectivity index (χ4n) is 2.02. The Morgan fingerprint density at radius 2 is 2.33 bits per heavy atom. The van der Waals surface area contributed by atoms with Crippen LogP contribution in [0.1, 0.15) is 26.1 Å². The highest BCUT2D eigenvalue weighted by molar-refractivity contribution is 4.96. The predicted molar refractivity (Wildman–Crippen MR) is 58.2 cm³/mol. The van der Waals surface area contributed by atoms with E-state index in [1.54, 1.807) is 6.33 Å². The Morgan fingerprint density at radius 3 is 3.00 bits per heavy atom. The molecule has 2 N–H and O–H groups in total. The first kappa shape index (κ1) is 10.6. The second-order valence-electron chi connectivity index (χ2n) is 4.42. The van der Waals surface area contributed by atoms with Gasteiger partial charge in [-0.1, -0.05) is 6.92 Å². The summed E-state index contributed by atoms with van der Waals surface area (Å²) < 4.78 is 2.11. The van der Waals surface area contributed by atoms with E-state index >= 15 is 0 Å². The summed E-state index contributed by atoms with van der Waals surface area (Å²) in [5, 5.41) is 8.05. The lowest BCUT2D eigenvalue weighted by molar-refractivity contribution is 0.0740. The van der Waals surface area contributed by atoms with Crippen molar-refractivity contribution in [1.82, 2.24) is 19.7 Å². The van der Waals surface area contributed by atoms with Crippen LogP contribution in [0.25, 0.3) is 0 Å². The first-order valence-corrected chi connectivity index (χ1v) is 5.51. The molecular formula is C10H19N5. The molecule has 1 aromatic rings. The zero-order chi connectivity index (χ0) is 10.9. The van der Waals surface area contributed by atoms with Gasteiger partial charge < -0.3 is 10.3 Å². The minimum atomic E-state index is 0.0944. The van der Waals surface area contributed by atoms with Gasteiger partial charge in [-0.05, 0) is 13.3 Å². The molecule has 5 nitrogen and oxygen atoms in total. The van der Waals surface area contributed by atoms with Crippen LogP contribution in [0.3, 0.4) is 0 Å². The molecule has 2 rings (SSSR count). The van der Waals surface area contributed by atoms with E-state index in [0.717, 1.165) is 31.9 Å². The van der Waals surface area contributed by atoms with E-state index in [4.69, 9.17) is 5.73 Å². The summed E-state index contributed by atoms with van der Waals surface area (Å²) in [6, 6.07) is 0. The average Bonchev–Trinajstić information content (AvgIpc) is 2.74. The molecule has 1 aromatic heterocycles. The fourth-order valence-corrected chi connectivity index (χ4v) is 2.02. The summed E-state index contributed by atoms with van der Waals surface area (Å²) in [6.07, 6.45) is 2.87. The van der Waals surface area contributed by atoms with Gasteiger partial charge in [0.1, 0.15) is 12.2 Å². The van der Waals surface area contributed by atoms with Gasteiger partial charge in [0.15, 0.2) is 0 Å². The second-order valence-corrected chi connectivity index (χ2v) is 4.42. The van der Waals surface area contributed by atoms with Crippen molar-refractivity contribution < 1.29 is 0 Å². The number of hydrogen-bond donors (Lipinski definition) is 1. The predicted octanol–water partition coefficient (Wildman–Crippen LogP) is 0.221. The van der Waals surface area contributed by atoms with Gasteiger partial charge in [-0.2, -0.15) is 0 Å². The molecular weight excluding hydrogens is 190 g/mol. The first-order valence-electron chi connectivity index (χ1n) is 5.51. The highest BCUT2D eigenvalue weighted by atomic mass is 15.3. The van der Waals surface area contributed by atoms with E-state index < -0.39 is 0 Å². The molecule has 1 aliphatic heterocycles. The maximum absolute atomic E-state index is 5.86. The summed E-state index contributed by atoms with van der Waals surface area (Å²) in [6.45, 7) is 7.97. The Labute approximate surface area is 90.3 Å². The van der Waals surface area contributed by atoms with Crippen LogP contribution in [-0.4, -0.2) is 38.3 Å². The number of aromatic nitrogens is 3. The van der Waals surface area contributed by atoms with Crippen LogP contribution >= 0.6 is 0 Å². The number of fused-ring (bicyclic) bond motifs is 1. The van der Waals surface area contributed by atoms with Crippen LogP contribution in [0, 0.1) is 0 Å². The third-order valence-electron chi connectivity index (χ3n) is 3.60. The lowest BCUT2D eigenvalue weighted by Gasteiger charge is -2.41. The largest absolute Gasteiger partial charge is 0.329 e. The molecule has 1 aliphatic rings. The molecule has 0 aromatic carbocycles. The number of hydrogen-bond acceptors (Lipinski definition) is 4. The Bertz CT molecular complexity index is 328. The quantitative estimate of drug-likeness (QED) is 0.773. The van der Waals surface area contributed by atoms with Crippen LogP contribution < -0.4 is 5.73 Å². The summed E-state index contributed by atoms with van der Waals surface area (Å²) in [7, 11) is 0. The van der Waals surface area contributed by atoms with E-state index in [1.165, 1.54) is 0 Å². The van der Waals surface area contributed by atoms with E-state index in [1.807, 2.05) is 0 Å². The number of nitrogens with two attached hydrogens (primary N) is 1. The van der Waals surface area contributed by atoms with Crippen molar-refractivity contribution in [2.24, 2.45) is 5.73 Å². The van der Waals surface area contributed by atoms with Crippen molar-refractivity contribution in [2.45, 2.75) is 38.9 Å². The molecule has 0 saturated carbocycles. The lowest BCUT2D eigenvalue weighted by atomic mass is 9.96. The van der Waals surface area contributed by atoms with Gasteiger partial charge in [-0.3, -0.25) is 4.90 Å². The summed E-state index contributed by atoms with van der Waals surface area (Å²) in [5.41, 5.74) is 5.95. The van der Waals surface area contributed by atoms with Gasteiger partial charge in [0.2, 0.25) is 0 Å². The highest BCUT2D eigenvalue weighted by Crippen LogP contribution is 2.22. The molecule has 0 bridgehead atoms. The smallest absolute Gasteiger partial charge is 0.147 e. The highest BCUT2D eigenvalue weighted by Gasteiger charge is 2.31. The first-order chi connectivity index (χ1) is 7.19. The standard InChI is InChI=1S/C10H19N5/c1-3-10(2,7-11)15-5-4-14-8-12-13-9(14)6-15/h8H,3-7,11H2,1-2H3. The maximum atomic E-state index is 5.86. The third-order valence-corrected chi connectivity index (χ3v) is 3.60. The van der Waals surface area contributed by atoms with E-state index in [2.05, 4.69) is 33.5 Å². The maximum Gasteiger partial charge on any atom is 0.147 e. The Morgan fingerprint density at radius 1 is 1.53 bits per heavy atom. The van der Waals surface area contributed by atoms with Crippen molar-refractivity contribution in [2.75, 3.05) is 13.1 Å². The molecule has 5 heteroatoms. The molecule has 0 amide bonds. The molecule has 2 heterocycles. The second kappa shape index (κ2) is 3.90. The third kappa shape index (κ3) is 1.77. The van der Waals surface area contributed by atoms with Crippen molar-refractivity contribution in [3.63, 3.8) is 0 Å². The van der Waals surface area contributed by atoms with Gasteiger partial charge in [-0.25, -0.2) is 0 Å². The molecule has 0 saturated heterocycles. The minimum Gasteiger partial charge on any atom is -0.329 e. The fraction of sp³-hybridized carbons (Fsp3) is 0.800. The molecule has 84 valence electrons. The van der Waals surface area contributed by atoms with Crippen LogP contribution in [0.2, 0.25) is 0 Å². The molecule has 15 heavy (non-hydrogen) atoms. The number of nitrogens with zero attached hydrogens (tertiary/aromatic N) is 4.